The van der Waals surface area contributed by atoms with Gasteiger partial charge in [0.2, 0.25) is 0 Å². The Morgan fingerprint density at radius 2 is 1.87 bits per heavy atom. The van der Waals surface area contributed by atoms with Gasteiger partial charge in [-0.3, -0.25) is 4.79 Å². The van der Waals surface area contributed by atoms with Crippen LogP contribution in [0.2, 0.25) is 0 Å². The molecule has 0 radical (unpaired) electrons. The van der Waals surface area contributed by atoms with E-state index in [1.165, 1.54) is 0 Å². The first kappa shape index (κ1) is 14.4. The third kappa shape index (κ3) is 9.72. The molecule has 0 aliphatic carbocycles. The van der Waals surface area contributed by atoms with Gasteiger partial charge in [0, 0.05) is 12.8 Å². The highest BCUT2D eigenvalue weighted by Crippen LogP contribution is 2.22. The minimum Gasteiger partial charge on any atom is -0.330 e. The van der Waals surface area contributed by atoms with Crippen LogP contribution in [0, 0.1) is 5.92 Å². The Balaban J connectivity index is 3.58. The molecule has 0 fully saturated rings. The van der Waals surface area contributed by atoms with Gasteiger partial charge in [-0.1, -0.05) is 6.92 Å². The molecule has 2 nitrogen and oxygen atoms in total. The second kappa shape index (κ2) is 6.82. The van der Waals surface area contributed by atoms with Gasteiger partial charge in [-0.05, 0) is 25.3 Å². The van der Waals surface area contributed by atoms with Crippen molar-refractivity contribution in [2.24, 2.45) is 11.7 Å². The van der Waals surface area contributed by atoms with Gasteiger partial charge in [-0.25, -0.2) is 0 Å². The molecule has 1 unspecified atom stereocenters. The molecule has 90 valence electrons. The summed E-state index contributed by atoms with van der Waals surface area (Å²) in [5.74, 6) is 0.000957. The van der Waals surface area contributed by atoms with Gasteiger partial charge in [0.25, 0.3) is 0 Å². The highest BCUT2D eigenvalue weighted by molar-refractivity contribution is 5.78. The van der Waals surface area contributed by atoms with E-state index in [1.54, 1.807) is 0 Å². The van der Waals surface area contributed by atoms with E-state index in [1.807, 2.05) is 6.92 Å². The predicted octanol–water partition coefficient (Wildman–Crippen LogP) is 2.66. The fourth-order valence-corrected chi connectivity index (χ4v) is 1.24. The maximum Gasteiger partial charge on any atom is 0.389 e. The number of hydrogen-bond donors (Lipinski definition) is 1. The summed E-state index contributed by atoms with van der Waals surface area (Å²) in [5.41, 5.74) is 5.32. The Kier molecular flexibility index (Phi) is 6.56. The average Bonchev–Trinajstić information content (AvgIpc) is 2.11. The van der Waals surface area contributed by atoms with E-state index in [2.05, 4.69) is 0 Å². The molecule has 5 heteroatoms. The molecule has 1 atom stereocenters. The van der Waals surface area contributed by atoms with E-state index < -0.39 is 19.0 Å². The van der Waals surface area contributed by atoms with Crippen LogP contribution in [-0.2, 0) is 4.79 Å². The Bertz CT molecular complexity index is 192. The molecule has 0 bridgehead atoms. The standard InChI is InChI=1S/C10H18F3NO/c1-8(5-7-14)2-3-9(15)4-6-10(11,12)13/h8H,2-7,14H2,1H3. The van der Waals surface area contributed by atoms with E-state index in [0.29, 0.717) is 18.9 Å². The monoisotopic (exact) mass is 225 g/mol. The van der Waals surface area contributed by atoms with Gasteiger partial charge < -0.3 is 5.73 Å². The van der Waals surface area contributed by atoms with Gasteiger partial charge in [0.15, 0.2) is 0 Å². The zero-order valence-electron chi connectivity index (χ0n) is 8.94. The quantitative estimate of drug-likeness (QED) is 0.723. The first-order chi connectivity index (χ1) is 6.85. The Morgan fingerprint density at radius 1 is 1.27 bits per heavy atom. The van der Waals surface area contributed by atoms with Crippen LogP contribution in [0.3, 0.4) is 0 Å². The van der Waals surface area contributed by atoms with Crippen LogP contribution in [0.1, 0.15) is 39.0 Å². The van der Waals surface area contributed by atoms with Crippen molar-refractivity contribution in [3.63, 3.8) is 0 Å². The van der Waals surface area contributed by atoms with Crippen molar-refractivity contribution in [2.75, 3.05) is 6.54 Å². The number of nitrogens with two attached hydrogens (primary N) is 1. The van der Waals surface area contributed by atoms with Crippen LogP contribution in [0.4, 0.5) is 13.2 Å². The van der Waals surface area contributed by atoms with Crippen molar-refractivity contribution >= 4 is 5.78 Å². The lowest BCUT2D eigenvalue weighted by Crippen LogP contribution is -2.12. The van der Waals surface area contributed by atoms with Gasteiger partial charge in [-0.15, -0.1) is 0 Å². The SMILES string of the molecule is CC(CCN)CCC(=O)CCC(F)(F)F. The number of rotatable bonds is 7. The van der Waals surface area contributed by atoms with Crippen molar-refractivity contribution in [1.82, 2.24) is 0 Å². The maximum absolute atomic E-state index is 11.8. The fourth-order valence-electron chi connectivity index (χ4n) is 1.24. The van der Waals surface area contributed by atoms with Crippen LogP contribution < -0.4 is 5.73 Å². The predicted molar refractivity (Wildman–Crippen MR) is 52.4 cm³/mol. The van der Waals surface area contributed by atoms with E-state index in [0.717, 1.165) is 6.42 Å². The molecule has 0 aromatic carbocycles. The van der Waals surface area contributed by atoms with Crippen molar-refractivity contribution in [2.45, 2.75) is 45.2 Å². The van der Waals surface area contributed by atoms with Gasteiger partial charge >= 0.3 is 6.18 Å². The molecule has 0 heterocycles. The van der Waals surface area contributed by atoms with Gasteiger partial charge in [0.05, 0.1) is 6.42 Å². The van der Waals surface area contributed by atoms with Crippen molar-refractivity contribution in [1.29, 1.82) is 0 Å². The molecule has 0 saturated heterocycles. The molecule has 0 saturated carbocycles. The summed E-state index contributed by atoms with van der Waals surface area (Å²) in [6.45, 7) is 2.50. The molecular weight excluding hydrogens is 207 g/mol. The van der Waals surface area contributed by atoms with Gasteiger partial charge in [0.1, 0.15) is 5.78 Å². The summed E-state index contributed by atoms with van der Waals surface area (Å²) < 4.78 is 35.3. The first-order valence-electron chi connectivity index (χ1n) is 5.13. The van der Waals surface area contributed by atoms with E-state index in [9.17, 15) is 18.0 Å². The average molecular weight is 225 g/mol. The normalized spacial score (nSPS) is 13.9. The maximum atomic E-state index is 11.8. The van der Waals surface area contributed by atoms with E-state index in [4.69, 9.17) is 5.73 Å². The smallest absolute Gasteiger partial charge is 0.330 e. The zero-order valence-corrected chi connectivity index (χ0v) is 8.94. The summed E-state index contributed by atoms with van der Waals surface area (Å²) in [6.07, 6.45) is -3.94. The van der Waals surface area contributed by atoms with Crippen molar-refractivity contribution in [3.05, 3.63) is 0 Å². The second-order valence-electron chi connectivity index (χ2n) is 3.88. The number of hydrogen-bond acceptors (Lipinski definition) is 2. The van der Waals surface area contributed by atoms with Crippen molar-refractivity contribution < 1.29 is 18.0 Å². The Hall–Kier alpha value is -0.580. The highest BCUT2D eigenvalue weighted by atomic mass is 19.4. The Morgan fingerprint density at radius 3 is 2.33 bits per heavy atom. The molecule has 15 heavy (non-hydrogen) atoms. The lowest BCUT2D eigenvalue weighted by atomic mass is 9.99. The Labute approximate surface area is 88.0 Å². The molecule has 0 aliphatic rings. The third-order valence-electron chi connectivity index (χ3n) is 2.26. The van der Waals surface area contributed by atoms with Crippen molar-refractivity contribution in [3.8, 4) is 0 Å². The molecule has 0 rings (SSSR count). The molecular formula is C10H18F3NO. The minimum atomic E-state index is -4.22. The molecule has 0 aliphatic heterocycles. The third-order valence-corrected chi connectivity index (χ3v) is 2.26. The summed E-state index contributed by atoms with van der Waals surface area (Å²) in [6, 6.07) is 0. The minimum absolute atomic E-state index is 0.233. The zero-order chi connectivity index (χ0) is 11.9. The summed E-state index contributed by atoms with van der Waals surface area (Å²) in [5, 5.41) is 0. The second-order valence-corrected chi connectivity index (χ2v) is 3.88. The summed E-state index contributed by atoms with van der Waals surface area (Å²) in [4.78, 5) is 11.1. The summed E-state index contributed by atoms with van der Waals surface area (Å²) >= 11 is 0. The molecule has 0 amide bonds. The first-order valence-corrected chi connectivity index (χ1v) is 5.13. The summed E-state index contributed by atoms with van der Waals surface area (Å²) in [7, 11) is 0. The topological polar surface area (TPSA) is 43.1 Å². The number of alkyl halides is 3. The number of ketones is 1. The number of Topliss-reactive ketones (excluding diaryl/α,β-unsaturated/α-hetero) is 1. The van der Waals surface area contributed by atoms with Crippen LogP contribution in [-0.4, -0.2) is 18.5 Å². The van der Waals surface area contributed by atoms with Crippen LogP contribution in [0.25, 0.3) is 0 Å². The fraction of sp³-hybridized carbons (Fsp3) is 0.900. The molecule has 2 N–H and O–H groups in total. The molecule has 0 aromatic heterocycles. The lowest BCUT2D eigenvalue weighted by molar-refractivity contribution is -0.143. The lowest BCUT2D eigenvalue weighted by Gasteiger charge is -2.09. The van der Waals surface area contributed by atoms with Crippen LogP contribution >= 0.6 is 0 Å². The van der Waals surface area contributed by atoms with E-state index >= 15 is 0 Å². The number of halogens is 3. The largest absolute Gasteiger partial charge is 0.389 e. The number of carbonyl (C=O) groups excluding carboxylic acids is 1. The molecule has 0 aromatic rings. The van der Waals surface area contributed by atoms with Crippen LogP contribution in [0.15, 0.2) is 0 Å². The van der Waals surface area contributed by atoms with Crippen LogP contribution in [0.5, 0.6) is 0 Å². The van der Waals surface area contributed by atoms with Gasteiger partial charge in [-0.2, -0.15) is 13.2 Å². The highest BCUT2D eigenvalue weighted by Gasteiger charge is 2.27. The number of carbonyl (C=O) groups is 1. The molecule has 0 spiro atoms. The van der Waals surface area contributed by atoms with E-state index in [-0.39, 0.29) is 12.2 Å².